The molecule has 76 valence electrons. The summed E-state index contributed by atoms with van der Waals surface area (Å²) in [6, 6.07) is 0.663. The normalized spacial score (nSPS) is 35.3. The molecule has 2 fully saturated rings. The Hall–Kier alpha value is 0.250. The average Bonchev–Trinajstić information content (AvgIpc) is 2.89. The zero-order valence-corrected chi connectivity index (χ0v) is 9.26. The summed E-state index contributed by atoms with van der Waals surface area (Å²) in [6.07, 6.45) is 8.15. The van der Waals surface area contributed by atoms with Crippen molar-refractivity contribution in [2.24, 2.45) is 5.92 Å². The molecule has 0 saturated heterocycles. The molecule has 2 saturated carbocycles. The summed E-state index contributed by atoms with van der Waals surface area (Å²) in [5.74, 6) is 0.996. The Morgan fingerprint density at radius 1 is 1.15 bits per heavy atom. The number of hydrogen-bond donors (Lipinski definition) is 0. The zero-order chi connectivity index (χ0) is 9.26. The molecule has 13 heavy (non-hydrogen) atoms. The molecule has 2 unspecified atom stereocenters. The first-order valence-corrected chi connectivity index (χ1v) is 6.05. The van der Waals surface area contributed by atoms with Crippen LogP contribution in [-0.2, 0) is 0 Å². The van der Waals surface area contributed by atoms with Gasteiger partial charge in [0.25, 0.3) is 0 Å². The lowest BCUT2D eigenvalue weighted by molar-refractivity contribution is 0.189. The largest absolute Gasteiger partial charge is 0.302 e. The van der Waals surface area contributed by atoms with Crippen LogP contribution < -0.4 is 0 Å². The molecule has 0 heterocycles. The van der Waals surface area contributed by atoms with Gasteiger partial charge in [-0.15, -0.1) is 11.6 Å². The summed E-state index contributed by atoms with van der Waals surface area (Å²) in [6.45, 7) is 1.29. The molecule has 0 aliphatic heterocycles. The highest BCUT2D eigenvalue weighted by Gasteiger charge is 2.30. The molecule has 0 amide bonds. The highest BCUT2D eigenvalue weighted by atomic mass is 35.5. The molecule has 0 aromatic rings. The van der Waals surface area contributed by atoms with E-state index < -0.39 is 0 Å². The molecule has 0 spiro atoms. The molecule has 0 aromatic heterocycles. The highest BCUT2D eigenvalue weighted by molar-refractivity contribution is 6.21. The van der Waals surface area contributed by atoms with Crippen molar-refractivity contribution >= 4 is 11.6 Å². The molecular formula is C11H20ClN. The fourth-order valence-electron chi connectivity index (χ4n) is 2.41. The zero-order valence-electron chi connectivity index (χ0n) is 8.51. The summed E-state index contributed by atoms with van der Waals surface area (Å²) in [4.78, 5) is 2.51. The second-order valence-corrected chi connectivity index (χ2v) is 5.31. The molecule has 2 aliphatic rings. The van der Waals surface area contributed by atoms with Gasteiger partial charge in [0.05, 0.1) is 0 Å². The Bertz CT molecular complexity index is 167. The van der Waals surface area contributed by atoms with Gasteiger partial charge in [0.15, 0.2) is 0 Å². The van der Waals surface area contributed by atoms with Crippen molar-refractivity contribution in [2.75, 3.05) is 13.6 Å². The summed E-state index contributed by atoms with van der Waals surface area (Å²) in [5, 5.41) is 0.414. The molecule has 0 aromatic carbocycles. The minimum atomic E-state index is 0.414. The first kappa shape index (κ1) is 9.79. The quantitative estimate of drug-likeness (QED) is 0.635. The van der Waals surface area contributed by atoms with Crippen molar-refractivity contribution in [3.63, 3.8) is 0 Å². The van der Waals surface area contributed by atoms with E-state index in [4.69, 9.17) is 11.6 Å². The van der Waals surface area contributed by atoms with Gasteiger partial charge < -0.3 is 4.90 Å². The van der Waals surface area contributed by atoms with Gasteiger partial charge in [-0.2, -0.15) is 0 Å². The Morgan fingerprint density at radius 3 is 2.46 bits per heavy atom. The van der Waals surface area contributed by atoms with E-state index in [2.05, 4.69) is 11.9 Å². The molecular weight excluding hydrogens is 182 g/mol. The second-order valence-electron chi connectivity index (χ2n) is 4.75. The first-order chi connectivity index (χ1) is 6.27. The van der Waals surface area contributed by atoms with Crippen LogP contribution in [-0.4, -0.2) is 29.9 Å². The standard InChI is InChI=1S/C11H20ClN/c1-13(8-9-6-7-9)11-5-3-2-4-10(11)12/h9-11H,2-8H2,1H3. The maximum atomic E-state index is 6.34. The topological polar surface area (TPSA) is 3.24 Å². The fourth-order valence-corrected chi connectivity index (χ4v) is 2.88. The first-order valence-electron chi connectivity index (χ1n) is 5.61. The smallest absolute Gasteiger partial charge is 0.0491 e. The monoisotopic (exact) mass is 201 g/mol. The van der Waals surface area contributed by atoms with Crippen LogP contribution in [0, 0.1) is 5.92 Å². The minimum Gasteiger partial charge on any atom is -0.302 e. The Morgan fingerprint density at radius 2 is 1.85 bits per heavy atom. The third-order valence-electron chi connectivity index (χ3n) is 3.46. The van der Waals surface area contributed by atoms with Crippen LogP contribution in [0.3, 0.4) is 0 Å². The second kappa shape index (κ2) is 4.18. The molecule has 2 atom stereocenters. The van der Waals surface area contributed by atoms with Gasteiger partial charge in [-0.1, -0.05) is 12.8 Å². The summed E-state index contributed by atoms with van der Waals surface area (Å²) in [7, 11) is 2.25. The van der Waals surface area contributed by atoms with Crippen molar-refractivity contribution < 1.29 is 0 Å². The van der Waals surface area contributed by atoms with E-state index in [1.807, 2.05) is 0 Å². The SMILES string of the molecule is CN(CC1CC1)C1CCCCC1Cl. The van der Waals surface area contributed by atoms with Crippen LogP contribution in [0.5, 0.6) is 0 Å². The van der Waals surface area contributed by atoms with Crippen LogP contribution in [0.4, 0.5) is 0 Å². The molecule has 0 bridgehead atoms. The molecule has 2 heteroatoms. The van der Waals surface area contributed by atoms with Gasteiger partial charge in [-0.25, -0.2) is 0 Å². The summed E-state index contributed by atoms with van der Waals surface area (Å²) < 4.78 is 0. The predicted octanol–water partition coefficient (Wildman–Crippen LogP) is 2.88. The van der Waals surface area contributed by atoms with Crippen LogP contribution in [0.1, 0.15) is 38.5 Å². The number of nitrogens with zero attached hydrogens (tertiary/aromatic N) is 1. The van der Waals surface area contributed by atoms with E-state index >= 15 is 0 Å². The Balaban J connectivity index is 1.81. The maximum absolute atomic E-state index is 6.34. The van der Waals surface area contributed by atoms with Gasteiger partial charge >= 0.3 is 0 Å². The molecule has 0 N–H and O–H groups in total. The lowest BCUT2D eigenvalue weighted by atomic mass is 9.94. The van der Waals surface area contributed by atoms with E-state index in [9.17, 15) is 0 Å². The van der Waals surface area contributed by atoms with Crippen molar-refractivity contribution in [3.8, 4) is 0 Å². The molecule has 0 radical (unpaired) electrons. The lowest BCUT2D eigenvalue weighted by Gasteiger charge is -2.34. The predicted molar refractivity (Wildman–Crippen MR) is 57.3 cm³/mol. The van der Waals surface area contributed by atoms with Crippen LogP contribution >= 0.6 is 11.6 Å². The van der Waals surface area contributed by atoms with E-state index in [-0.39, 0.29) is 0 Å². The van der Waals surface area contributed by atoms with Crippen molar-refractivity contribution in [1.29, 1.82) is 0 Å². The van der Waals surface area contributed by atoms with E-state index in [1.165, 1.54) is 45.1 Å². The third kappa shape index (κ3) is 2.60. The Kier molecular flexibility index (Phi) is 3.15. The molecule has 2 rings (SSSR count). The molecule has 2 aliphatic carbocycles. The number of halogens is 1. The summed E-state index contributed by atoms with van der Waals surface area (Å²) >= 11 is 6.34. The summed E-state index contributed by atoms with van der Waals surface area (Å²) in [5.41, 5.74) is 0. The fraction of sp³-hybridized carbons (Fsp3) is 1.00. The highest BCUT2D eigenvalue weighted by Crippen LogP contribution is 2.33. The number of alkyl halides is 1. The van der Waals surface area contributed by atoms with Crippen molar-refractivity contribution in [1.82, 2.24) is 4.90 Å². The number of hydrogen-bond acceptors (Lipinski definition) is 1. The van der Waals surface area contributed by atoms with Gasteiger partial charge in [-0.05, 0) is 38.6 Å². The van der Waals surface area contributed by atoms with Gasteiger partial charge in [0.2, 0.25) is 0 Å². The minimum absolute atomic E-state index is 0.414. The van der Waals surface area contributed by atoms with Gasteiger partial charge in [-0.3, -0.25) is 0 Å². The lowest BCUT2D eigenvalue weighted by Crippen LogP contribution is -2.41. The van der Waals surface area contributed by atoms with Crippen LogP contribution in [0.15, 0.2) is 0 Å². The van der Waals surface area contributed by atoms with Gasteiger partial charge in [0.1, 0.15) is 0 Å². The van der Waals surface area contributed by atoms with Crippen LogP contribution in [0.2, 0.25) is 0 Å². The number of rotatable bonds is 3. The Labute approximate surface area is 86.4 Å². The van der Waals surface area contributed by atoms with Crippen LogP contribution in [0.25, 0.3) is 0 Å². The van der Waals surface area contributed by atoms with Crippen molar-refractivity contribution in [2.45, 2.75) is 49.9 Å². The van der Waals surface area contributed by atoms with E-state index in [1.54, 1.807) is 0 Å². The van der Waals surface area contributed by atoms with Gasteiger partial charge in [0, 0.05) is 18.0 Å². The maximum Gasteiger partial charge on any atom is 0.0491 e. The molecule has 1 nitrogen and oxygen atoms in total. The van der Waals surface area contributed by atoms with E-state index in [0.717, 1.165) is 5.92 Å². The third-order valence-corrected chi connectivity index (χ3v) is 3.97. The van der Waals surface area contributed by atoms with E-state index in [0.29, 0.717) is 11.4 Å². The van der Waals surface area contributed by atoms with Crippen molar-refractivity contribution in [3.05, 3.63) is 0 Å². The average molecular weight is 202 g/mol.